The van der Waals surface area contributed by atoms with Crippen LogP contribution in [0.1, 0.15) is 41.3 Å². The summed E-state index contributed by atoms with van der Waals surface area (Å²) >= 11 is 1.80. The molecule has 0 saturated carbocycles. The third-order valence-corrected chi connectivity index (χ3v) is 7.27. The van der Waals surface area contributed by atoms with Crippen LogP contribution in [-0.4, -0.2) is 61.4 Å². The highest BCUT2D eigenvalue weighted by atomic mass is 32.1. The maximum atomic E-state index is 12.6. The summed E-state index contributed by atoms with van der Waals surface area (Å²) < 4.78 is 0. The van der Waals surface area contributed by atoms with Gasteiger partial charge in [-0.05, 0) is 54.9 Å². The molecule has 1 aromatic heterocycles. The molecule has 1 fully saturated rings. The van der Waals surface area contributed by atoms with Gasteiger partial charge in [0, 0.05) is 44.5 Å². The molecule has 0 spiro atoms. The van der Waals surface area contributed by atoms with Gasteiger partial charge in [-0.2, -0.15) is 0 Å². The monoisotopic (exact) mass is 439 g/mol. The van der Waals surface area contributed by atoms with Crippen molar-refractivity contribution in [2.24, 2.45) is 4.99 Å². The quantitative estimate of drug-likeness (QED) is 0.514. The van der Waals surface area contributed by atoms with Crippen molar-refractivity contribution in [2.75, 3.05) is 39.8 Å². The number of guanidine groups is 1. The van der Waals surface area contributed by atoms with Crippen LogP contribution in [0.25, 0.3) is 0 Å². The van der Waals surface area contributed by atoms with Crippen LogP contribution in [0.2, 0.25) is 0 Å². The fourth-order valence-electron chi connectivity index (χ4n) is 4.51. The van der Waals surface area contributed by atoms with E-state index in [1.165, 1.54) is 28.8 Å². The summed E-state index contributed by atoms with van der Waals surface area (Å²) in [5.74, 6) is 0.964. The van der Waals surface area contributed by atoms with Crippen molar-refractivity contribution < 1.29 is 4.79 Å². The highest BCUT2D eigenvalue weighted by molar-refractivity contribution is 7.10. The van der Waals surface area contributed by atoms with E-state index in [0.29, 0.717) is 19.0 Å². The van der Waals surface area contributed by atoms with Crippen molar-refractivity contribution >= 4 is 23.2 Å². The third-order valence-electron chi connectivity index (χ3n) is 6.24. The Kier molecular flexibility index (Phi) is 7.59. The Morgan fingerprint density at radius 1 is 1.13 bits per heavy atom. The first-order chi connectivity index (χ1) is 15.2. The lowest BCUT2D eigenvalue weighted by atomic mass is 10.1. The Labute approximate surface area is 189 Å². The average molecular weight is 440 g/mol. The van der Waals surface area contributed by atoms with Gasteiger partial charge in [0.25, 0.3) is 0 Å². The highest BCUT2D eigenvalue weighted by Crippen LogP contribution is 2.25. The van der Waals surface area contributed by atoms with Gasteiger partial charge in [0.05, 0.1) is 6.04 Å². The zero-order valence-electron chi connectivity index (χ0n) is 18.3. The molecule has 4 rings (SSSR count). The van der Waals surface area contributed by atoms with E-state index in [4.69, 9.17) is 0 Å². The number of benzene rings is 1. The number of carbonyl (C=O) groups is 1. The van der Waals surface area contributed by atoms with Gasteiger partial charge in [-0.15, -0.1) is 11.3 Å². The van der Waals surface area contributed by atoms with Crippen molar-refractivity contribution in [1.29, 1.82) is 0 Å². The minimum Gasteiger partial charge on any atom is -0.356 e. The second-order valence-electron chi connectivity index (χ2n) is 8.23. The smallest absolute Gasteiger partial charge is 0.224 e. The molecule has 1 unspecified atom stereocenters. The summed E-state index contributed by atoms with van der Waals surface area (Å²) in [7, 11) is 1.78. The van der Waals surface area contributed by atoms with Gasteiger partial charge in [-0.1, -0.05) is 30.3 Å². The van der Waals surface area contributed by atoms with Crippen molar-refractivity contribution in [2.45, 2.75) is 38.3 Å². The minimum absolute atomic E-state index is 0.207. The first kappa shape index (κ1) is 21.8. The van der Waals surface area contributed by atoms with Gasteiger partial charge < -0.3 is 15.5 Å². The number of hydrogen-bond acceptors (Lipinski definition) is 4. The molecule has 2 aliphatic rings. The summed E-state index contributed by atoms with van der Waals surface area (Å²) in [5, 5.41) is 8.93. The van der Waals surface area contributed by atoms with Crippen LogP contribution in [0.15, 0.2) is 46.8 Å². The summed E-state index contributed by atoms with van der Waals surface area (Å²) in [5.41, 5.74) is 2.64. The van der Waals surface area contributed by atoms with Crippen LogP contribution in [0.4, 0.5) is 0 Å². The number of rotatable bonds is 7. The molecule has 0 aliphatic carbocycles. The van der Waals surface area contributed by atoms with Crippen molar-refractivity contribution in [1.82, 2.24) is 20.4 Å². The molecule has 2 aliphatic heterocycles. The second-order valence-corrected chi connectivity index (χ2v) is 9.23. The molecule has 1 aromatic carbocycles. The van der Waals surface area contributed by atoms with E-state index >= 15 is 0 Å². The van der Waals surface area contributed by atoms with E-state index in [0.717, 1.165) is 45.1 Å². The van der Waals surface area contributed by atoms with E-state index in [1.54, 1.807) is 18.4 Å². The zero-order valence-corrected chi connectivity index (χ0v) is 19.2. The van der Waals surface area contributed by atoms with Gasteiger partial charge in [-0.3, -0.25) is 14.7 Å². The van der Waals surface area contributed by atoms with Crippen LogP contribution < -0.4 is 10.6 Å². The predicted octanol–water partition coefficient (Wildman–Crippen LogP) is 3.03. The van der Waals surface area contributed by atoms with Gasteiger partial charge >= 0.3 is 0 Å². The van der Waals surface area contributed by atoms with Crippen LogP contribution in [0.3, 0.4) is 0 Å². The Morgan fingerprint density at radius 3 is 2.71 bits per heavy atom. The number of likely N-dealkylation sites (tertiary alicyclic amines) is 1. The highest BCUT2D eigenvalue weighted by Gasteiger charge is 2.24. The van der Waals surface area contributed by atoms with E-state index in [2.05, 4.69) is 62.3 Å². The number of carbonyl (C=O) groups excluding carboxylic acids is 1. The minimum atomic E-state index is 0.207. The number of thiophene rings is 1. The van der Waals surface area contributed by atoms with E-state index in [-0.39, 0.29) is 5.91 Å². The summed E-state index contributed by atoms with van der Waals surface area (Å²) in [6, 6.07) is 13.2. The molecule has 1 amide bonds. The van der Waals surface area contributed by atoms with Crippen LogP contribution in [0, 0.1) is 0 Å². The van der Waals surface area contributed by atoms with E-state index < -0.39 is 0 Å². The van der Waals surface area contributed by atoms with E-state index in [1.807, 2.05) is 4.90 Å². The van der Waals surface area contributed by atoms with Crippen LogP contribution >= 0.6 is 11.3 Å². The lowest BCUT2D eigenvalue weighted by Gasteiger charge is -2.29. The molecule has 0 radical (unpaired) electrons. The Balaban J connectivity index is 1.25. The molecule has 1 atom stereocenters. The average Bonchev–Trinajstić information content (AvgIpc) is 3.50. The van der Waals surface area contributed by atoms with Gasteiger partial charge in [0.2, 0.25) is 5.91 Å². The number of hydrogen-bond donors (Lipinski definition) is 2. The third kappa shape index (κ3) is 5.66. The molecular formula is C24H33N5OS. The molecule has 31 heavy (non-hydrogen) atoms. The number of aliphatic imine (C=N–C) groups is 1. The predicted molar refractivity (Wildman–Crippen MR) is 127 cm³/mol. The molecule has 2 N–H and O–H groups in total. The molecule has 0 bridgehead atoms. The number of fused-ring (bicyclic) bond motifs is 1. The van der Waals surface area contributed by atoms with Crippen molar-refractivity contribution in [3.05, 3.63) is 57.8 Å². The number of amides is 1. The standard InChI is InChI=1S/C24H33N5OS/c1-25-24(26-12-9-23(30)29-15-10-22-20(18-29)11-16-31-22)27-17-21(28-13-5-6-14-28)19-7-3-2-4-8-19/h2-4,7-8,11,16,21H,5-6,9-10,12-15,17-18H2,1H3,(H2,25,26,27). The molecule has 6 nitrogen and oxygen atoms in total. The Hall–Kier alpha value is -2.38. The molecule has 2 aromatic rings. The van der Waals surface area contributed by atoms with Crippen molar-refractivity contribution in [3.63, 3.8) is 0 Å². The van der Waals surface area contributed by atoms with Crippen LogP contribution in [-0.2, 0) is 17.8 Å². The van der Waals surface area contributed by atoms with Crippen LogP contribution in [0.5, 0.6) is 0 Å². The first-order valence-electron chi connectivity index (χ1n) is 11.3. The molecule has 7 heteroatoms. The summed E-state index contributed by atoms with van der Waals surface area (Å²) in [4.78, 5) is 23.0. The Morgan fingerprint density at radius 2 is 1.94 bits per heavy atom. The number of nitrogens with one attached hydrogen (secondary N) is 2. The van der Waals surface area contributed by atoms with E-state index in [9.17, 15) is 4.79 Å². The topological polar surface area (TPSA) is 60.0 Å². The van der Waals surface area contributed by atoms with Gasteiger partial charge in [-0.25, -0.2) is 0 Å². The SMILES string of the molecule is CN=C(NCCC(=O)N1CCc2sccc2C1)NCC(c1ccccc1)N1CCCC1. The largest absolute Gasteiger partial charge is 0.356 e. The lowest BCUT2D eigenvalue weighted by molar-refractivity contribution is -0.131. The normalized spacial score (nSPS) is 18.0. The molecule has 3 heterocycles. The van der Waals surface area contributed by atoms with Gasteiger partial charge in [0.15, 0.2) is 5.96 Å². The molecular weight excluding hydrogens is 406 g/mol. The first-order valence-corrected chi connectivity index (χ1v) is 12.2. The maximum absolute atomic E-state index is 12.6. The molecule has 166 valence electrons. The lowest BCUT2D eigenvalue weighted by Crippen LogP contribution is -2.44. The second kappa shape index (κ2) is 10.8. The van der Waals surface area contributed by atoms with Crippen molar-refractivity contribution in [3.8, 4) is 0 Å². The zero-order chi connectivity index (χ0) is 21.5. The Bertz CT molecular complexity index is 875. The number of nitrogens with zero attached hydrogens (tertiary/aromatic N) is 3. The molecule has 1 saturated heterocycles. The fraction of sp³-hybridized carbons (Fsp3) is 0.500. The summed E-state index contributed by atoms with van der Waals surface area (Å²) in [6.07, 6.45) is 3.99. The van der Waals surface area contributed by atoms with Gasteiger partial charge in [0.1, 0.15) is 0 Å². The summed E-state index contributed by atoms with van der Waals surface area (Å²) in [6.45, 7) is 5.25. The fourth-order valence-corrected chi connectivity index (χ4v) is 5.40. The maximum Gasteiger partial charge on any atom is 0.224 e.